The van der Waals surface area contributed by atoms with Crippen LogP contribution in [0.15, 0.2) is 16.4 Å². The molecule has 3 rings (SSSR count). The fourth-order valence-corrected chi connectivity index (χ4v) is 7.76. The predicted molar refractivity (Wildman–Crippen MR) is 135 cm³/mol. The Morgan fingerprint density at radius 3 is 2.30 bits per heavy atom. The van der Waals surface area contributed by atoms with Crippen LogP contribution < -0.4 is 103 Å². The van der Waals surface area contributed by atoms with Gasteiger partial charge in [-0.25, -0.2) is 25.9 Å². The number of halogens is 3. The van der Waals surface area contributed by atoms with Crippen molar-refractivity contribution >= 4 is 49.3 Å². The van der Waals surface area contributed by atoms with Gasteiger partial charge in [-0.15, -0.1) is 28.3 Å². The molecule has 1 aromatic heterocycles. The minimum Gasteiger partial charge on any atom is -0.748 e. The molecule has 5 unspecified atom stereocenters. The van der Waals surface area contributed by atoms with Crippen LogP contribution in [-0.2, 0) is 20.2 Å². The van der Waals surface area contributed by atoms with Crippen LogP contribution >= 0.6 is 23.2 Å². The molecule has 0 radical (unpaired) electrons. The van der Waals surface area contributed by atoms with E-state index in [9.17, 15) is 31.2 Å². The van der Waals surface area contributed by atoms with Crippen LogP contribution in [0.4, 0.5) is 10.2 Å². The fraction of sp³-hybridized carbons (Fsp3) is 0.810. The van der Waals surface area contributed by atoms with E-state index in [4.69, 9.17) is 23.2 Å². The van der Waals surface area contributed by atoms with E-state index in [1.54, 1.807) is 0 Å². The van der Waals surface area contributed by atoms with Crippen molar-refractivity contribution in [2.75, 3.05) is 18.8 Å². The molecule has 0 amide bonds. The molecule has 5 atom stereocenters. The third-order valence-corrected chi connectivity index (χ3v) is 9.93. The first-order chi connectivity index (χ1) is 17.7. The molecule has 214 valence electrons. The molecule has 2 fully saturated rings. The first-order valence-corrected chi connectivity index (χ1v) is 16.1. The first-order valence-electron chi connectivity index (χ1n) is 12.2. The maximum Gasteiger partial charge on any atom is 1.00 e. The summed E-state index contributed by atoms with van der Waals surface area (Å²) in [5.41, 5.74) is 0.0506. The zero-order valence-electron chi connectivity index (χ0n) is 22.6. The van der Waals surface area contributed by atoms with Gasteiger partial charge in [0.1, 0.15) is 23.8 Å². The van der Waals surface area contributed by atoms with E-state index in [0.29, 0.717) is 25.9 Å². The van der Waals surface area contributed by atoms with Gasteiger partial charge in [0.05, 0.1) is 48.5 Å². The van der Waals surface area contributed by atoms with Crippen molar-refractivity contribution in [1.82, 2.24) is 14.7 Å². The summed E-state index contributed by atoms with van der Waals surface area (Å²) in [6.07, 6.45) is 0.837. The van der Waals surface area contributed by atoms with E-state index in [-0.39, 0.29) is 146 Å². The molecule has 0 spiro atoms. The van der Waals surface area contributed by atoms with Crippen LogP contribution in [0, 0.1) is 11.3 Å². The van der Waals surface area contributed by atoms with Gasteiger partial charge in [0.2, 0.25) is 0 Å². The minimum atomic E-state index is -4.59. The molecule has 0 bridgehead atoms. The number of azo groups is 1. The van der Waals surface area contributed by atoms with E-state index in [1.807, 2.05) is 17.9 Å². The Bertz CT molecular complexity index is 1260. The zero-order chi connectivity index (χ0) is 28.3. The SMILES string of the molecule is CCN(CCCS(=O)(=O)[O-])C1CCC(N=Nc2c(C#N)cnn2C2C(Cl)CC(S(=O)(=O)[O-])CC2Cl)C(F)C1.[K+].[K+]. The number of rotatable bonds is 10. The van der Waals surface area contributed by atoms with Gasteiger partial charge in [-0.2, -0.15) is 15.5 Å². The van der Waals surface area contributed by atoms with Crippen LogP contribution in [0.2, 0.25) is 0 Å². The Balaban J connectivity index is 0.00000400. The van der Waals surface area contributed by atoms with Crippen LogP contribution in [0.25, 0.3) is 0 Å². The quantitative estimate of drug-likeness (QED) is 0.106. The Morgan fingerprint density at radius 1 is 1.18 bits per heavy atom. The maximum atomic E-state index is 15.1. The number of alkyl halides is 3. The summed E-state index contributed by atoms with van der Waals surface area (Å²) in [5.74, 6) is -0.456. The number of aromatic nitrogens is 2. The van der Waals surface area contributed by atoms with Gasteiger partial charge in [0.15, 0.2) is 5.82 Å². The summed E-state index contributed by atoms with van der Waals surface area (Å²) in [6, 6.07) is 0.233. The zero-order valence-corrected chi connectivity index (χ0v) is 32.0. The molecule has 0 aliphatic heterocycles. The van der Waals surface area contributed by atoms with Crippen molar-refractivity contribution in [3.05, 3.63) is 11.8 Å². The molecule has 12 nitrogen and oxygen atoms in total. The third-order valence-electron chi connectivity index (χ3n) is 7.07. The molecular weight excluding hydrogens is 665 g/mol. The second kappa shape index (κ2) is 17.5. The van der Waals surface area contributed by atoms with Gasteiger partial charge in [-0.3, -0.25) is 0 Å². The van der Waals surface area contributed by atoms with Gasteiger partial charge < -0.3 is 14.0 Å². The van der Waals surface area contributed by atoms with Gasteiger partial charge in [0, 0.05) is 11.8 Å². The van der Waals surface area contributed by atoms with E-state index < -0.39 is 60.2 Å². The molecule has 2 saturated carbocycles. The molecule has 40 heavy (non-hydrogen) atoms. The average Bonchev–Trinajstić information content (AvgIpc) is 3.21. The van der Waals surface area contributed by atoms with E-state index in [1.165, 1.54) is 10.9 Å². The van der Waals surface area contributed by atoms with Crippen molar-refractivity contribution in [1.29, 1.82) is 5.26 Å². The Kier molecular flexibility index (Phi) is 17.5. The summed E-state index contributed by atoms with van der Waals surface area (Å²) in [7, 11) is -8.90. The van der Waals surface area contributed by atoms with Gasteiger partial charge in [-0.05, 0) is 51.6 Å². The Hall–Kier alpha value is 1.86. The Labute approximate surface area is 329 Å². The number of nitriles is 1. The number of hydrogen-bond donors (Lipinski definition) is 0. The molecule has 2 aliphatic rings. The topological polar surface area (TPSA) is 184 Å². The van der Waals surface area contributed by atoms with E-state index >= 15 is 4.39 Å². The summed E-state index contributed by atoms with van der Waals surface area (Å²) in [4.78, 5) is 1.95. The molecular formula is C21H29Cl2FK2N6O6S2. The van der Waals surface area contributed by atoms with Crippen molar-refractivity contribution in [3.63, 3.8) is 0 Å². The Morgan fingerprint density at radius 2 is 1.80 bits per heavy atom. The molecule has 0 N–H and O–H groups in total. The van der Waals surface area contributed by atoms with Crippen molar-refractivity contribution in [3.8, 4) is 6.07 Å². The second-order valence-corrected chi connectivity index (χ2v) is 13.9. The summed E-state index contributed by atoms with van der Waals surface area (Å²) < 4.78 is 83.4. The average molecular weight is 694 g/mol. The molecule has 0 saturated heterocycles. The summed E-state index contributed by atoms with van der Waals surface area (Å²) in [6.45, 7) is 2.81. The van der Waals surface area contributed by atoms with Crippen LogP contribution in [0.3, 0.4) is 0 Å². The van der Waals surface area contributed by atoms with Gasteiger partial charge in [0.25, 0.3) is 0 Å². The normalized spacial score (nSPS) is 29.5. The van der Waals surface area contributed by atoms with Crippen LogP contribution in [0.1, 0.15) is 57.1 Å². The van der Waals surface area contributed by atoms with E-state index in [2.05, 4.69) is 15.3 Å². The van der Waals surface area contributed by atoms with Crippen molar-refractivity contribution in [2.24, 2.45) is 10.2 Å². The van der Waals surface area contributed by atoms with Crippen molar-refractivity contribution in [2.45, 2.75) is 85.7 Å². The number of nitrogens with zero attached hydrogens (tertiary/aromatic N) is 6. The number of hydrogen-bond acceptors (Lipinski definition) is 11. The standard InChI is InChI=1S/C21H31Cl2FN6O6S2.2K/c1-2-29(6-3-7-37(31,32)33)14-4-5-19(18(24)8-14)27-28-21-13(11-25)12-26-30(21)20-16(22)9-15(10-17(20)23)38(34,35)36;;/h12,14-20H,2-10H2,1H3,(H,31,32,33)(H,34,35,36);;/q;2*+1/p-2. The monoisotopic (exact) mass is 692 g/mol. The molecule has 1 heterocycles. The fourth-order valence-electron chi connectivity index (χ4n) is 5.11. The minimum absolute atomic E-state index is 0. The van der Waals surface area contributed by atoms with E-state index in [0.717, 1.165) is 0 Å². The first kappa shape index (κ1) is 39.9. The third kappa shape index (κ3) is 11.0. The van der Waals surface area contributed by atoms with Crippen LogP contribution in [-0.4, -0.2) is 93.7 Å². The van der Waals surface area contributed by atoms with Crippen LogP contribution in [0.5, 0.6) is 0 Å². The largest absolute Gasteiger partial charge is 1.00 e. The molecule has 2 aliphatic carbocycles. The predicted octanol–water partition coefficient (Wildman–Crippen LogP) is -3.17. The maximum absolute atomic E-state index is 15.1. The molecule has 0 aromatic carbocycles. The molecule has 19 heteroatoms. The van der Waals surface area contributed by atoms with Gasteiger partial charge in [-0.1, -0.05) is 6.92 Å². The summed E-state index contributed by atoms with van der Waals surface area (Å²) in [5, 5.41) is 18.9. The smallest absolute Gasteiger partial charge is 0.748 e. The second-order valence-electron chi connectivity index (χ2n) is 9.56. The van der Waals surface area contributed by atoms with Gasteiger partial charge >= 0.3 is 103 Å². The molecule has 1 aromatic rings. The van der Waals surface area contributed by atoms with Crippen molar-refractivity contribution < 1.29 is 133 Å². The summed E-state index contributed by atoms with van der Waals surface area (Å²) >= 11 is 12.8.